The van der Waals surface area contributed by atoms with Crippen LogP contribution in [-0.4, -0.2) is 16.2 Å². The molecule has 4 aromatic rings. The van der Waals surface area contributed by atoms with Crippen molar-refractivity contribution >= 4 is 11.7 Å². The van der Waals surface area contributed by atoms with Gasteiger partial charge in [0.2, 0.25) is 0 Å². The minimum Gasteiger partial charge on any atom is -1.00 e. The molecular formula is C32H40NNaO3. The van der Waals surface area contributed by atoms with E-state index in [9.17, 15) is 4.79 Å². The number of phenols is 1. The zero-order valence-corrected chi connectivity index (χ0v) is 25.5. The fourth-order valence-electron chi connectivity index (χ4n) is 2.82. The van der Waals surface area contributed by atoms with Crippen LogP contribution in [0.15, 0.2) is 84.9 Å². The first kappa shape index (κ1) is 34.0. The maximum atomic E-state index is 10.5. The zero-order valence-electron chi connectivity index (χ0n) is 24.5. The van der Waals surface area contributed by atoms with Gasteiger partial charge in [0.05, 0.1) is 5.56 Å². The molecule has 0 spiro atoms. The van der Waals surface area contributed by atoms with Gasteiger partial charge in [-0.1, -0.05) is 65.2 Å². The number of carbonyl (C=O) groups is 1. The number of aromatic hydroxyl groups is 1. The number of nitrogen functional groups attached to an aromatic ring is 1. The second-order valence-electron chi connectivity index (χ2n) is 8.94. The van der Waals surface area contributed by atoms with E-state index in [2.05, 4.69) is 52.0 Å². The van der Waals surface area contributed by atoms with E-state index in [1.807, 2.05) is 57.2 Å². The number of nitrogens with two attached hydrogens (primary N) is 1. The van der Waals surface area contributed by atoms with Crippen LogP contribution in [0.2, 0.25) is 0 Å². The molecule has 0 aromatic heterocycles. The average Bonchev–Trinajstić information content (AvgIpc) is 2.83. The van der Waals surface area contributed by atoms with Gasteiger partial charge in [0.1, 0.15) is 5.75 Å². The molecule has 5 heteroatoms. The summed E-state index contributed by atoms with van der Waals surface area (Å²) in [6.07, 6.45) is 0. The van der Waals surface area contributed by atoms with E-state index in [0.29, 0.717) is 11.3 Å². The number of carboxylic acid groups (broad SMARTS) is 1. The van der Waals surface area contributed by atoms with Gasteiger partial charge in [0.25, 0.3) is 0 Å². The summed E-state index contributed by atoms with van der Waals surface area (Å²) in [5, 5.41) is 17.4. The monoisotopic (exact) mass is 509 g/mol. The molecular weight excluding hydrogens is 469 g/mol. The molecule has 0 bridgehead atoms. The standard InChI is InChI=1S/C9H10O2.C8H11N.C8H10.C7H8O.Na.H/c1-6-3-4-8(9(10)11)5-7(6)2;1-6-3-4-8(9)5-7(6)2;1-7-3-5-8(2)6-4-7;1-6-2-4-7(8)5-3-6;;/h3-5H,1-2H3,(H,10,11);3-5H,9H2,1-2H3;3-6H,1-2H3;2-5,8H,1H3;;/q;;;;+1;-1. The van der Waals surface area contributed by atoms with Crippen molar-refractivity contribution in [2.45, 2.75) is 48.5 Å². The number of aryl methyl sites for hydroxylation is 7. The molecule has 0 aliphatic rings. The molecule has 4 N–H and O–H groups in total. The summed E-state index contributed by atoms with van der Waals surface area (Å²) in [6.45, 7) is 14.2. The molecule has 4 rings (SSSR count). The number of carboxylic acids is 1. The van der Waals surface area contributed by atoms with Gasteiger partial charge in [-0.3, -0.25) is 0 Å². The van der Waals surface area contributed by atoms with Crippen molar-refractivity contribution in [3.8, 4) is 5.75 Å². The van der Waals surface area contributed by atoms with Gasteiger partial charge in [-0.05, 0) is 107 Å². The molecule has 4 nitrogen and oxygen atoms in total. The van der Waals surface area contributed by atoms with Crippen molar-refractivity contribution in [1.82, 2.24) is 0 Å². The van der Waals surface area contributed by atoms with E-state index in [4.69, 9.17) is 15.9 Å². The maximum absolute atomic E-state index is 10.5. The van der Waals surface area contributed by atoms with Crippen molar-refractivity contribution in [2.75, 3.05) is 5.73 Å². The summed E-state index contributed by atoms with van der Waals surface area (Å²) in [5.41, 5.74) is 15.2. The molecule has 0 radical (unpaired) electrons. The van der Waals surface area contributed by atoms with Crippen molar-refractivity contribution in [3.63, 3.8) is 0 Å². The van der Waals surface area contributed by atoms with Crippen molar-refractivity contribution in [2.24, 2.45) is 0 Å². The first-order valence-electron chi connectivity index (χ1n) is 11.8. The van der Waals surface area contributed by atoms with Crippen LogP contribution in [0.25, 0.3) is 0 Å². The molecule has 37 heavy (non-hydrogen) atoms. The molecule has 0 amide bonds. The van der Waals surface area contributed by atoms with Crippen LogP contribution < -0.4 is 35.3 Å². The molecule has 192 valence electrons. The quantitative estimate of drug-likeness (QED) is 0.249. The van der Waals surface area contributed by atoms with Crippen molar-refractivity contribution in [3.05, 3.63) is 129 Å². The van der Waals surface area contributed by atoms with Gasteiger partial charge in [-0.25, -0.2) is 4.79 Å². The number of hydrogen-bond acceptors (Lipinski definition) is 3. The van der Waals surface area contributed by atoms with Gasteiger partial charge in [-0.15, -0.1) is 0 Å². The largest absolute Gasteiger partial charge is 1.00 e. The fourth-order valence-corrected chi connectivity index (χ4v) is 2.82. The van der Waals surface area contributed by atoms with Crippen LogP contribution in [0, 0.1) is 48.5 Å². The topological polar surface area (TPSA) is 83.5 Å². The van der Waals surface area contributed by atoms with Crippen molar-refractivity contribution < 1.29 is 46.0 Å². The molecule has 0 aliphatic carbocycles. The third-order valence-corrected chi connectivity index (χ3v) is 5.54. The number of hydrogen-bond donors (Lipinski definition) is 3. The minimum absolute atomic E-state index is 0. The molecule has 0 unspecified atom stereocenters. The van der Waals surface area contributed by atoms with E-state index in [0.717, 1.165) is 16.8 Å². The van der Waals surface area contributed by atoms with Crippen LogP contribution >= 0.6 is 0 Å². The summed E-state index contributed by atoms with van der Waals surface area (Å²) in [4.78, 5) is 10.5. The molecule has 0 saturated carbocycles. The number of anilines is 1. The summed E-state index contributed by atoms with van der Waals surface area (Å²) in [5.74, 6) is -0.538. The van der Waals surface area contributed by atoms with Crippen LogP contribution in [0.4, 0.5) is 5.69 Å². The summed E-state index contributed by atoms with van der Waals surface area (Å²) in [6, 6.07) is 26.6. The number of rotatable bonds is 1. The zero-order chi connectivity index (χ0) is 27.3. The second kappa shape index (κ2) is 17.4. The van der Waals surface area contributed by atoms with E-state index < -0.39 is 5.97 Å². The molecule has 0 saturated heterocycles. The van der Waals surface area contributed by atoms with Crippen molar-refractivity contribution in [1.29, 1.82) is 0 Å². The number of benzene rings is 4. The second-order valence-corrected chi connectivity index (χ2v) is 8.94. The Kier molecular flexibility index (Phi) is 16.0. The van der Waals surface area contributed by atoms with Gasteiger partial charge in [0, 0.05) is 5.69 Å². The Bertz CT molecular complexity index is 1160. The Morgan fingerprint density at radius 3 is 1.30 bits per heavy atom. The van der Waals surface area contributed by atoms with Gasteiger partial charge in [-0.2, -0.15) is 0 Å². The Balaban J connectivity index is 0. The Hall–Kier alpha value is -3.05. The first-order chi connectivity index (χ1) is 16.9. The Labute approximate surface area is 246 Å². The predicted octanol–water partition coefficient (Wildman–Crippen LogP) is 5.01. The van der Waals surface area contributed by atoms with Gasteiger partial charge in [0.15, 0.2) is 0 Å². The predicted molar refractivity (Wildman–Crippen MR) is 153 cm³/mol. The van der Waals surface area contributed by atoms with E-state index in [-0.39, 0.29) is 31.0 Å². The van der Waals surface area contributed by atoms with E-state index in [1.165, 1.54) is 27.8 Å². The molecule has 0 aliphatic heterocycles. The minimum atomic E-state index is -0.867. The SMILES string of the molecule is Cc1ccc(C(=O)O)cc1C.Cc1ccc(C)cc1.Cc1ccc(N)cc1C.Cc1ccc(O)cc1.[H-].[Na+]. The third kappa shape index (κ3) is 14.3. The molecule has 4 aromatic carbocycles. The van der Waals surface area contributed by atoms with Crippen LogP contribution in [0.5, 0.6) is 5.75 Å². The van der Waals surface area contributed by atoms with Crippen LogP contribution in [0.3, 0.4) is 0 Å². The first-order valence-corrected chi connectivity index (χ1v) is 11.8. The Morgan fingerprint density at radius 2 is 0.973 bits per heavy atom. The van der Waals surface area contributed by atoms with E-state index >= 15 is 0 Å². The van der Waals surface area contributed by atoms with Gasteiger partial charge >= 0.3 is 35.5 Å². The average molecular weight is 510 g/mol. The molecule has 0 heterocycles. The van der Waals surface area contributed by atoms with Crippen LogP contribution in [-0.2, 0) is 0 Å². The summed E-state index contributed by atoms with van der Waals surface area (Å²) < 4.78 is 0. The number of phenolic OH excluding ortho intramolecular Hbond substituents is 1. The molecule has 0 fully saturated rings. The smallest absolute Gasteiger partial charge is 1.00 e. The van der Waals surface area contributed by atoms with E-state index in [1.54, 1.807) is 24.3 Å². The summed E-state index contributed by atoms with van der Waals surface area (Å²) >= 11 is 0. The normalized spacial score (nSPS) is 9.16. The van der Waals surface area contributed by atoms with Gasteiger partial charge < -0.3 is 17.4 Å². The third-order valence-electron chi connectivity index (χ3n) is 5.54. The molecule has 0 atom stereocenters. The summed E-state index contributed by atoms with van der Waals surface area (Å²) in [7, 11) is 0. The number of aromatic carboxylic acids is 1. The maximum Gasteiger partial charge on any atom is 1.00 e. The fraction of sp³-hybridized carbons (Fsp3) is 0.219. The Morgan fingerprint density at radius 1 is 0.595 bits per heavy atom. The van der Waals surface area contributed by atoms with Crippen LogP contribution in [0.1, 0.15) is 50.7 Å².